The van der Waals surface area contributed by atoms with Gasteiger partial charge in [0.25, 0.3) is 0 Å². The zero-order chi connectivity index (χ0) is 11.7. The first-order valence-corrected chi connectivity index (χ1v) is 4.81. The average molecular weight is 218 g/mol. The lowest BCUT2D eigenvalue weighted by Crippen LogP contribution is -2.44. The minimum Gasteiger partial charge on any atom is -0.394 e. The van der Waals surface area contributed by atoms with E-state index < -0.39 is 6.04 Å². The third-order valence-electron chi connectivity index (χ3n) is 1.59. The van der Waals surface area contributed by atoms with Crippen molar-refractivity contribution in [2.45, 2.75) is 19.9 Å². The van der Waals surface area contributed by atoms with Gasteiger partial charge in [-0.2, -0.15) is 0 Å². The Morgan fingerprint density at radius 2 is 2.07 bits per heavy atom. The highest BCUT2D eigenvalue weighted by Crippen LogP contribution is 1.81. The normalized spacial score (nSPS) is 11.9. The summed E-state index contributed by atoms with van der Waals surface area (Å²) in [6.45, 7) is 3.90. The zero-order valence-electron chi connectivity index (χ0n) is 9.08. The van der Waals surface area contributed by atoms with Crippen molar-refractivity contribution in [2.24, 2.45) is 0 Å². The predicted octanol–water partition coefficient (Wildman–Crippen LogP) is -1.36. The highest BCUT2D eigenvalue weighted by Gasteiger charge is 2.12. The summed E-state index contributed by atoms with van der Waals surface area (Å²) in [7, 11) is 0. The molecule has 0 rings (SSSR count). The molecule has 0 aliphatic rings. The number of nitrogens with one attached hydrogen (secondary N) is 2. The summed E-state index contributed by atoms with van der Waals surface area (Å²) < 4.78 is 4.94. The van der Waals surface area contributed by atoms with Gasteiger partial charge in [-0.05, 0) is 6.92 Å². The quantitative estimate of drug-likeness (QED) is 0.460. The first kappa shape index (κ1) is 13.9. The van der Waals surface area contributed by atoms with Crippen LogP contribution in [-0.4, -0.2) is 49.3 Å². The predicted molar refractivity (Wildman–Crippen MR) is 54.2 cm³/mol. The van der Waals surface area contributed by atoms with Gasteiger partial charge in [-0.15, -0.1) is 0 Å². The van der Waals surface area contributed by atoms with Crippen LogP contribution in [0, 0.1) is 0 Å². The lowest BCUT2D eigenvalue weighted by atomic mass is 10.3. The van der Waals surface area contributed by atoms with E-state index in [1.54, 1.807) is 6.92 Å². The Kier molecular flexibility index (Phi) is 7.57. The Hall–Kier alpha value is -1.14. The van der Waals surface area contributed by atoms with Crippen LogP contribution >= 0.6 is 0 Å². The van der Waals surface area contributed by atoms with Crippen LogP contribution in [-0.2, 0) is 14.3 Å². The average Bonchev–Trinajstić information content (AvgIpc) is 2.16. The third-order valence-corrected chi connectivity index (χ3v) is 1.59. The van der Waals surface area contributed by atoms with Gasteiger partial charge in [-0.3, -0.25) is 9.59 Å². The topological polar surface area (TPSA) is 87.7 Å². The molecule has 0 saturated carbocycles. The number of ether oxygens (including phenoxy) is 1. The summed E-state index contributed by atoms with van der Waals surface area (Å²) >= 11 is 0. The van der Waals surface area contributed by atoms with Crippen molar-refractivity contribution in [1.82, 2.24) is 10.6 Å². The molecule has 0 heterocycles. The SMILES string of the molecule is CC(=O)NC(C)C(=O)NCCOCCO. The highest BCUT2D eigenvalue weighted by atomic mass is 16.5. The molecule has 0 fully saturated rings. The van der Waals surface area contributed by atoms with Crippen LogP contribution in [0.5, 0.6) is 0 Å². The van der Waals surface area contributed by atoms with Crippen LogP contribution < -0.4 is 10.6 Å². The smallest absolute Gasteiger partial charge is 0.242 e. The zero-order valence-corrected chi connectivity index (χ0v) is 9.08. The second-order valence-electron chi connectivity index (χ2n) is 3.05. The molecule has 3 N–H and O–H groups in total. The minimum absolute atomic E-state index is 0.0315. The molecule has 0 aromatic carbocycles. The first-order chi connectivity index (χ1) is 7.07. The molecule has 0 radical (unpaired) electrons. The largest absolute Gasteiger partial charge is 0.394 e. The van der Waals surface area contributed by atoms with Gasteiger partial charge in [0.15, 0.2) is 0 Å². The number of hydrogen-bond acceptors (Lipinski definition) is 4. The maximum absolute atomic E-state index is 11.3. The fraction of sp³-hybridized carbons (Fsp3) is 0.778. The molecular weight excluding hydrogens is 200 g/mol. The van der Waals surface area contributed by atoms with Gasteiger partial charge in [0.05, 0.1) is 19.8 Å². The second-order valence-corrected chi connectivity index (χ2v) is 3.05. The Labute approximate surface area is 89.0 Å². The van der Waals surface area contributed by atoms with Crippen molar-refractivity contribution in [3.63, 3.8) is 0 Å². The molecule has 0 saturated heterocycles. The van der Waals surface area contributed by atoms with Crippen LogP contribution in [0.3, 0.4) is 0 Å². The summed E-state index contributed by atoms with van der Waals surface area (Å²) in [6, 6.07) is -0.541. The van der Waals surface area contributed by atoms with Crippen molar-refractivity contribution in [2.75, 3.05) is 26.4 Å². The van der Waals surface area contributed by atoms with Gasteiger partial charge in [-0.1, -0.05) is 0 Å². The van der Waals surface area contributed by atoms with Crippen molar-refractivity contribution >= 4 is 11.8 Å². The van der Waals surface area contributed by atoms with Gasteiger partial charge in [0.2, 0.25) is 11.8 Å². The molecule has 0 aliphatic heterocycles. The monoisotopic (exact) mass is 218 g/mol. The summed E-state index contributed by atoms with van der Waals surface area (Å²) in [4.78, 5) is 21.9. The summed E-state index contributed by atoms with van der Waals surface area (Å²) in [5.41, 5.74) is 0. The lowest BCUT2D eigenvalue weighted by molar-refractivity contribution is -0.127. The van der Waals surface area contributed by atoms with Crippen molar-refractivity contribution in [1.29, 1.82) is 0 Å². The fourth-order valence-electron chi connectivity index (χ4n) is 0.937. The maximum Gasteiger partial charge on any atom is 0.242 e. The number of rotatable bonds is 7. The standard InChI is InChI=1S/C9H18N2O4/c1-7(11-8(2)13)9(14)10-3-5-15-6-4-12/h7,12H,3-6H2,1-2H3,(H,10,14)(H,11,13). The number of aliphatic hydroxyl groups is 1. The van der Waals surface area contributed by atoms with Gasteiger partial charge in [0, 0.05) is 13.5 Å². The molecule has 1 atom stereocenters. The van der Waals surface area contributed by atoms with Gasteiger partial charge in [0.1, 0.15) is 6.04 Å². The van der Waals surface area contributed by atoms with Crippen LogP contribution in [0.1, 0.15) is 13.8 Å². The second kappa shape index (κ2) is 8.19. The molecule has 15 heavy (non-hydrogen) atoms. The molecule has 0 aromatic rings. The summed E-state index contributed by atoms with van der Waals surface area (Å²) in [5.74, 6) is -0.494. The van der Waals surface area contributed by atoms with E-state index in [1.807, 2.05) is 0 Å². The molecule has 2 amide bonds. The number of aliphatic hydroxyl groups excluding tert-OH is 1. The molecule has 0 spiro atoms. The molecule has 1 unspecified atom stereocenters. The van der Waals surface area contributed by atoms with Gasteiger partial charge < -0.3 is 20.5 Å². The molecule has 6 nitrogen and oxygen atoms in total. The fourth-order valence-corrected chi connectivity index (χ4v) is 0.937. The van der Waals surface area contributed by atoms with E-state index in [1.165, 1.54) is 6.92 Å². The maximum atomic E-state index is 11.3. The molecule has 88 valence electrons. The summed E-state index contributed by atoms with van der Waals surface area (Å²) in [5, 5.41) is 13.5. The Bertz CT molecular complexity index is 208. The van der Waals surface area contributed by atoms with E-state index in [4.69, 9.17) is 9.84 Å². The molecule has 0 bridgehead atoms. The van der Waals surface area contributed by atoms with Crippen LogP contribution in [0.4, 0.5) is 0 Å². The van der Waals surface area contributed by atoms with Crippen LogP contribution in [0.25, 0.3) is 0 Å². The summed E-state index contributed by atoms with van der Waals surface area (Å²) in [6.07, 6.45) is 0. The Balaban J connectivity index is 3.51. The molecule has 0 aromatic heterocycles. The van der Waals surface area contributed by atoms with Crippen LogP contribution in [0.2, 0.25) is 0 Å². The molecular formula is C9H18N2O4. The highest BCUT2D eigenvalue weighted by molar-refractivity contribution is 5.86. The van der Waals surface area contributed by atoms with Crippen molar-refractivity contribution in [3.05, 3.63) is 0 Å². The number of carbonyl (C=O) groups is 2. The van der Waals surface area contributed by atoms with E-state index in [2.05, 4.69) is 10.6 Å². The van der Waals surface area contributed by atoms with Crippen molar-refractivity contribution < 1.29 is 19.4 Å². The van der Waals surface area contributed by atoms with E-state index in [-0.39, 0.29) is 25.0 Å². The van der Waals surface area contributed by atoms with Gasteiger partial charge >= 0.3 is 0 Å². The molecule has 6 heteroatoms. The molecule has 0 aliphatic carbocycles. The van der Waals surface area contributed by atoms with Gasteiger partial charge in [-0.25, -0.2) is 0 Å². The first-order valence-electron chi connectivity index (χ1n) is 4.81. The number of carbonyl (C=O) groups excluding carboxylic acids is 2. The van der Waals surface area contributed by atoms with Crippen LogP contribution in [0.15, 0.2) is 0 Å². The Morgan fingerprint density at radius 3 is 2.60 bits per heavy atom. The van der Waals surface area contributed by atoms with E-state index >= 15 is 0 Å². The van der Waals surface area contributed by atoms with Crippen molar-refractivity contribution in [3.8, 4) is 0 Å². The lowest BCUT2D eigenvalue weighted by Gasteiger charge is -2.12. The Morgan fingerprint density at radius 1 is 1.40 bits per heavy atom. The number of amides is 2. The van der Waals surface area contributed by atoms with E-state index in [9.17, 15) is 9.59 Å². The van der Waals surface area contributed by atoms with E-state index in [0.29, 0.717) is 13.2 Å². The number of hydrogen-bond donors (Lipinski definition) is 3. The third kappa shape index (κ3) is 7.90. The van der Waals surface area contributed by atoms with E-state index in [0.717, 1.165) is 0 Å². The minimum atomic E-state index is -0.541.